The predicted molar refractivity (Wildman–Crippen MR) is 55.7 cm³/mol. The number of hydrogen-bond donors (Lipinski definition) is 1. The minimum Gasteiger partial charge on any atom is -0.490 e. The molecule has 2 N–H and O–H groups in total. The van der Waals surface area contributed by atoms with Crippen LogP contribution in [-0.2, 0) is 0 Å². The molecule has 0 aromatic heterocycles. The van der Waals surface area contributed by atoms with Gasteiger partial charge in [-0.05, 0) is 18.8 Å². The minimum absolute atomic E-state index is 0.0185. The first-order valence-electron chi connectivity index (χ1n) is 4.94. The van der Waals surface area contributed by atoms with Crippen LogP contribution in [0, 0.1) is 21.8 Å². The SMILES string of the molecule is Nc1cc(OCC2CC2)c(F)cc1[N+](=O)[O-]. The van der Waals surface area contributed by atoms with Gasteiger partial charge in [0.1, 0.15) is 5.69 Å². The van der Waals surface area contributed by atoms with E-state index in [4.69, 9.17) is 10.5 Å². The molecule has 0 aliphatic heterocycles. The molecule has 2 rings (SSSR count). The Labute approximate surface area is 91.2 Å². The Kier molecular flexibility index (Phi) is 2.64. The van der Waals surface area contributed by atoms with Crippen LogP contribution < -0.4 is 10.5 Å². The molecule has 0 spiro atoms. The third kappa shape index (κ3) is 2.21. The van der Waals surface area contributed by atoms with Crippen LogP contribution in [0.15, 0.2) is 12.1 Å². The number of nitrogens with two attached hydrogens (primary N) is 1. The van der Waals surface area contributed by atoms with Gasteiger partial charge in [-0.15, -0.1) is 0 Å². The van der Waals surface area contributed by atoms with Crippen molar-refractivity contribution in [2.75, 3.05) is 12.3 Å². The average molecular weight is 226 g/mol. The maximum Gasteiger partial charge on any atom is 0.295 e. The topological polar surface area (TPSA) is 78.4 Å². The molecule has 16 heavy (non-hydrogen) atoms. The fourth-order valence-corrected chi connectivity index (χ4v) is 1.32. The van der Waals surface area contributed by atoms with E-state index >= 15 is 0 Å². The molecule has 1 fully saturated rings. The summed E-state index contributed by atoms with van der Waals surface area (Å²) < 4.78 is 18.6. The molecule has 1 aromatic carbocycles. The first-order valence-corrected chi connectivity index (χ1v) is 4.94. The van der Waals surface area contributed by atoms with Crippen molar-refractivity contribution >= 4 is 11.4 Å². The van der Waals surface area contributed by atoms with Gasteiger partial charge in [0.15, 0.2) is 11.6 Å². The highest BCUT2D eigenvalue weighted by atomic mass is 19.1. The fourth-order valence-electron chi connectivity index (χ4n) is 1.32. The van der Waals surface area contributed by atoms with Gasteiger partial charge in [0.05, 0.1) is 17.6 Å². The van der Waals surface area contributed by atoms with Gasteiger partial charge in [0.2, 0.25) is 0 Å². The van der Waals surface area contributed by atoms with Gasteiger partial charge in [-0.3, -0.25) is 10.1 Å². The number of nitro benzene ring substituents is 1. The van der Waals surface area contributed by atoms with Gasteiger partial charge in [0.25, 0.3) is 5.69 Å². The smallest absolute Gasteiger partial charge is 0.295 e. The summed E-state index contributed by atoms with van der Waals surface area (Å²) in [7, 11) is 0. The van der Waals surface area contributed by atoms with Gasteiger partial charge in [-0.25, -0.2) is 4.39 Å². The Morgan fingerprint density at radius 2 is 2.25 bits per heavy atom. The molecular formula is C10H11FN2O3. The Hall–Kier alpha value is -1.85. The highest BCUT2D eigenvalue weighted by molar-refractivity contribution is 5.61. The summed E-state index contributed by atoms with van der Waals surface area (Å²) in [6, 6.07) is 1.95. The van der Waals surface area contributed by atoms with Crippen LogP contribution in [0.25, 0.3) is 0 Å². The number of halogens is 1. The van der Waals surface area contributed by atoms with Crippen LogP contribution in [0.2, 0.25) is 0 Å². The number of benzene rings is 1. The van der Waals surface area contributed by atoms with Crippen molar-refractivity contribution in [2.24, 2.45) is 5.92 Å². The summed E-state index contributed by atoms with van der Waals surface area (Å²) in [5.41, 5.74) is 4.90. The predicted octanol–water partition coefficient (Wildman–Crippen LogP) is 2.10. The second-order valence-corrected chi connectivity index (χ2v) is 3.85. The Morgan fingerprint density at radius 1 is 1.56 bits per heavy atom. The van der Waals surface area contributed by atoms with Crippen molar-refractivity contribution < 1.29 is 14.1 Å². The summed E-state index contributed by atoms with van der Waals surface area (Å²) in [5.74, 6) is -0.285. The van der Waals surface area contributed by atoms with Crippen LogP contribution >= 0.6 is 0 Å². The van der Waals surface area contributed by atoms with Crippen molar-refractivity contribution in [2.45, 2.75) is 12.8 Å². The van der Waals surface area contributed by atoms with Crippen molar-refractivity contribution in [1.82, 2.24) is 0 Å². The van der Waals surface area contributed by atoms with E-state index in [1.54, 1.807) is 0 Å². The summed E-state index contributed by atoms with van der Waals surface area (Å²) in [5, 5.41) is 10.5. The van der Waals surface area contributed by atoms with E-state index < -0.39 is 16.4 Å². The number of nitrogens with zero attached hydrogens (tertiary/aromatic N) is 1. The zero-order chi connectivity index (χ0) is 11.7. The molecule has 0 heterocycles. The lowest BCUT2D eigenvalue weighted by Gasteiger charge is -2.07. The molecule has 5 nitrogen and oxygen atoms in total. The number of nitro groups is 1. The lowest BCUT2D eigenvalue weighted by Crippen LogP contribution is -2.03. The molecule has 86 valence electrons. The number of ether oxygens (including phenoxy) is 1. The van der Waals surface area contributed by atoms with Gasteiger partial charge >= 0.3 is 0 Å². The Balaban J connectivity index is 2.18. The summed E-state index contributed by atoms with van der Waals surface area (Å²) in [4.78, 5) is 9.76. The molecular weight excluding hydrogens is 215 g/mol. The maximum atomic E-state index is 13.4. The quantitative estimate of drug-likeness (QED) is 0.484. The van der Waals surface area contributed by atoms with E-state index in [1.165, 1.54) is 0 Å². The summed E-state index contributed by atoms with van der Waals surface area (Å²) >= 11 is 0. The van der Waals surface area contributed by atoms with Crippen LogP contribution in [0.5, 0.6) is 5.75 Å². The van der Waals surface area contributed by atoms with Crippen molar-refractivity contribution in [3.63, 3.8) is 0 Å². The largest absolute Gasteiger partial charge is 0.490 e. The Bertz CT molecular complexity index is 432. The van der Waals surface area contributed by atoms with Crippen LogP contribution in [0.4, 0.5) is 15.8 Å². The molecule has 0 unspecified atom stereocenters. The second-order valence-electron chi connectivity index (χ2n) is 3.85. The molecule has 0 bridgehead atoms. The third-order valence-corrected chi connectivity index (χ3v) is 2.45. The summed E-state index contributed by atoms with van der Waals surface area (Å²) in [6.07, 6.45) is 2.17. The van der Waals surface area contributed by atoms with E-state index in [-0.39, 0.29) is 11.4 Å². The molecule has 1 aliphatic rings. The third-order valence-electron chi connectivity index (χ3n) is 2.45. The van der Waals surface area contributed by atoms with Gasteiger partial charge in [0, 0.05) is 6.07 Å². The van der Waals surface area contributed by atoms with Gasteiger partial charge < -0.3 is 10.5 Å². The van der Waals surface area contributed by atoms with Gasteiger partial charge in [-0.2, -0.15) is 0 Å². The van der Waals surface area contributed by atoms with E-state index in [0.29, 0.717) is 12.5 Å². The molecule has 0 atom stereocenters. The normalized spacial score (nSPS) is 14.8. The van der Waals surface area contributed by atoms with E-state index in [0.717, 1.165) is 25.0 Å². The first-order chi connectivity index (χ1) is 7.58. The monoisotopic (exact) mass is 226 g/mol. The number of anilines is 1. The molecule has 0 saturated heterocycles. The standard InChI is InChI=1S/C10H11FN2O3/c11-7-3-9(13(14)15)8(12)4-10(7)16-5-6-1-2-6/h3-4,6H,1-2,5,12H2. The Morgan fingerprint density at radius 3 is 2.81 bits per heavy atom. The molecule has 1 saturated carbocycles. The van der Waals surface area contributed by atoms with E-state index in [1.807, 2.05) is 0 Å². The molecule has 1 aliphatic carbocycles. The minimum atomic E-state index is -0.749. The van der Waals surface area contributed by atoms with E-state index in [9.17, 15) is 14.5 Å². The highest BCUT2D eigenvalue weighted by Crippen LogP contribution is 2.33. The van der Waals surface area contributed by atoms with E-state index in [2.05, 4.69) is 0 Å². The van der Waals surface area contributed by atoms with Crippen molar-refractivity contribution in [3.05, 3.63) is 28.1 Å². The van der Waals surface area contributed by atoms with Crippen LogP contribution in [0.1, 0.15) is 12.8 Å². The lowest BCUT2D eigenvalue weighted by atomic mass is 10.2. The first kappa shape index (κ1) is 10.7. The van der Waals surface area contributed by atoms with Crippen LogP contribution in [0.3, 0.4) is 0 Å². The lowest BCUT2D eigenvalue weighted by molar-refractivity contribution is -0.384. The number of rotatable bonds is 4. The molecule has 6 heteroatoms. The molecule has 0 radical (unpaired) electrons. The zero-order valence-electron chi connectivity index (χ0n) is 8.48. The maximum absolute atomic E-state index is 13.4. The van der Waals surface area contributed by atoms with Crippen LogP contribution in [-0.4, -0.2) is 11.5 Å². The fraction of sp³-hybridized carbons (Fsp3) is 0.400. The second kappa shape index (κ2) is 3.96. The van der Waals surface area contributed by atoms with Crippen molar-refractivity contribution in [1.29, 1.82) is 0 Å². The molecule has 1 aromatic rings. The van der Waals surface area contributed by atoms with Crippen molar-refractivity contribution in [3.8, 4) is 5.75 Å². The number of hydrogen-bond acceptors (Lipinski definition) is 4. The zero-order valence-corrected chi connectivity index (χ0v) is 8.48. The average Bonchev–Trinajstić information content (AvgIpc) is 3.02. The van der Waals surface area contributed by atoms with Gasteiger partial charge in [-0.1, -0.05) is 0 Å². The molecule has 0 amide bonds. The number of nitrogen functional groups attached to an aromatic ring is 1. The summed E-state index contributed by atoms with van der Waals surface area (Å²) in [6.45, 7) is 0.439. The highest BCUT2D eigenvalue weighted by Gasteiger charge is 2.23.